The van der Waals surface area contributed by atoms with Crippen LogP contribution in [0, 0.1) is 11.8 Å². The third-order valence-corrected chi connectivity index (χ3v) is 4.86. The molecule has 100 valence electrons. The Morgan fingerprint density at radius 2 is 1.95 bits per heavy atom. The number of nitrogens with two attached hydrogens (primary N) is 1. The Balaban J connectivity index is 1.92. The summed E-state index contributed by atoms with van der Waals surface area (Å²) in [5, 5.41) is 0.664. The molecule has 2 aromatic rings. The van der Waals surface area contributed by atoms with Crippen molar-refractivity contribution in [3.8, 4) is 0 Å². The molecule has 0 bridgehead atoms. The van der Waals surface area contributed by atoms with E-state index in [1.54, 1.807) is 6.33 Å². The molecule has 19 heavy (non-hydrogen) atoms. The molecule has 2 saturated carbocycles. The van der Waals surface area contributed by atoms with Gasteiger partial charge in [-0.1, -0.05) is 11.6 Å². The van der Waals surface area contributed by atoms with Gasteiger partial charge in [0.2, 0.25) is 0 Å². The zero-order chi connectivity index (χ0) is 13.2. The standard InChI is InChI=1S/C14H17ClN4/c1-19-7-17-12-10(15)6-11(18-13(12)19)14(16,8-2-3-8)9-4-5-9/h6-9H,2-5,16H2,1H3. The van der Waals surface area contributed by atoms with Gasteiger partial charge in [-0.05, 0) is 43.6 Å². The number of halogens is 1. The second-order valence-corrected chi connectivity index (χ2v) is 6.41. The topological polar surface area (TPSA) is 56.7 Å². The van der Waals surface area contributed by atoms with Crippen LogP contribution >= 0.6 is 11.6 Å². The van der Waals surface area contributed by atoms with Gasteiger partial charge in [-0.25, -0.2) is 9.97 Å². The fourth-order valence-corrected chi connectivity index (χ4v) is 3.39. The summed E-state index contributed by atoms with van der Waals surface area (Å²) in [6, 6.07) is 1.94. The summed E-state index contributed by atoms with van der Waals surface area (Å²) < 4.78 is 1.91. The number of pyridine rings is 1. The quantitative estimate of drug-likeness (QED) is 0.937. The van der Waals surface area contributed by atoms with Crippen molar-refractivity contribution in [2.75, 3.05) is 0 Å². The number of rotatable bonds is 3. The molecule has 2 fully saturated rings. The van der Waals surface area contributed by atoms with Gasteiger partial charge in [0.15, 0.2) is 5.65 Å². The zero-order valence-electron chi connectivity index (χ0n) is 10.9. The molecule has 2 N–H and O–H groups in total. The zero-order valence-corrected chi connectivity index (χ0v) is 11.7. The highest BCUT2D eigenvalue weighted by atomic mass is 35.5. The van der Waals surface area contributed by atoms with Crippen molar-refractivity contribution < 1.29 is 0 Å². The monoisotopic (exact) mass is 276 g/mol. The largest absolute Gasteiger partial charge is 0.320 e. The Hall–Kier alpha value is -1.13. The lowest BCUT2D eigenvalue weighted by Gasteiger charge is -2.29. The van der Waals surface area contributed by atoms with Crippen molar-refractivity contribution in [1.29, 1.82) is 0 Å². The summed E-state index contributed by atoms with van der Waals surface area (Å²) >= 11 is 6.36. The van der Waals surface area contributed by atoms with Gasteiger partial charge in [0.1, 0.15) is 5.52 Å². The molecule has 2 heterocycles. The molecule has 0 atom stereocenters. The van der Waals surface area contributed by atoms with E-state index in [1.165, 1.54) is 25.7 Å². The molecular weight excluding hydrogens is 260 g/mol. The summed E-state index contributed by atoms with van der Waals surface area (Å²) in [6.07, 6.45) is 6.62. The van der Waals surface area contributed by atoms with Crippen LogP contribution in [-0.2, 0) is 12.6 Å². The van der Waals surface area contributed by atoms with Crippen molar-refractivity contribution in [2.45, 2.75) is 31.2 Å². The van der Waals surface area contributed by atoms with E-state index in [0.717, 1.165) is 16.9 Å². The normalized spacial score (nSPS) is 20.2. The van der Waals surface area contributed by atoms with Gasteiger partial charge in [-0.15, -0.1) is 0 Å². The molecule has 5 heteroatoms. The Kier molecular flexibility index (Phi) is 2.28. The number of hydrogen-bond donors (Lipinski definition) is 1. The maximum absolute atomic E-state index is 6.76. The molecule has 2 aliphatic carbocycles. The highest BCUT2D eigenvalue weighted by molar-refractivity contribution is 6.34. The molecule has 0 amide bonds. The number of hydrogen-bond acceptors (Lipinski definition) is 3. The van der Waals surface area contributed by atoms with Crippen molar-refractivity contribution >= 4 is 22.8 Å². The minimum absolute atomic E-state index is 0.276. The molecular formula is C14H17ClN4. The van der Waals surface area contributed by atoms with Gasteiger partial charge in [0.25, 0.3) is 0 Å². The first-order valence-corrected chi connectivity index (χ1v) is 7.25. The average Bonchev–Trinajstić information content (AvgIpc) is 3.27. The maximum Gasteiger partial charge on any atom is 0.161 e. The fraction of sp³-hybridized carbons (Fsp3) is 0.571. The van der Waals surface area contributed by atoms with Crippen molar-refractivity contribution in [3.05, 3.63) is 23.1 Å². The Morgan fingerprint density at radius 1 is 1.32 bits per heavy atom. The van der Waals surface area contributed by atoms with Crippen LogP contribution in [0.25, 0.3) is 11.2 Å². The van der Waals surface area contributed by atoms with E-state index >= 15 is 0 Å². The minimum atomic E-state index is -0.276. The molecule has 0 aliphatic heterocycles. The Bertz CT molecular complexity index is 643. The van der Waals surface area contributed by atoms with Gasteiger partial charge >= 0.3 is 0 Å². The summed E-state index contributed by atoms with van der Waals surface area (Å²) in [6.45, 7) is 0. The van der Waals surface area contributed by atoms with E-state index in [0.29, 0.717) is 16.9 Å². The molecule has 2 aromatic heterocycles. The third-order valence-electron chi connectivity index (χ3n) is 4.57. The van der Waals surface area contributed by atoms with Gasteiger partial charge in [-0.3, -0.25) is 0 Å². The molecule has 0 aromatic carbocycles. The number of fused-ring (bicyclic) bond motifs is 1. The second-order valence-electron chi connectivity index (χ2n) is 6.00. The van der Waals surface area contributed by atoms with E-state index in [2.05, 4.69) is 4.98 Å². The molecule has 0 spiro atoms. The van der Waals surface area contributed by atoms with Crippen LogP contribution in [0.3, 0.4) is 0 Å². The predicted octanol–water partition coefficient (Wildman–Crippen LogP) is 2.60. The van der Waals surface area contributed by atoms with Crippen molar-refractivity contribution in [3.63, 3.8) is 0 Å². The minimum Gasteiger partial charge on any atom is -0.320 e. The predicted molar refractivity (Wildman–Crippen MR) is 74.8 cm³/mol. The van der Waals surface area contributed by atoms with Gasteiger partial charge in [-0.2, -0.15) is 0 Å². The number of imidazole rings is 1. The molecule has 0 unspecified atom stereocenters. The molecule has 0 radical (unpaired) electrons. The van der Waals surface area contributed by atoms with E-state index in [1.807, 2.05) is 17.7 Å². The van der Waals surface area contributed by atoms with Crippen LogP contribution in [0.4, 0.5) is 0 Å². The van der Waals surface area contributed by atoms with Gasteiger partial charge in [0.05, 0.1) is 22.6 Å². The Morgan fingerprint density at radius 3 is 2.53 bits per heavy atom. The lowest BCUT2D eigenvalue weighted by molar-refractivity contribution is 0.322. The first kappa shape index (κ1) is 11.7. The van der Waals surface area contributed by atoms with Crippen molar-refractivity contribution in [1.82, 2.24) is 14.5 Å². The van der Waals surface area contributed by atoms with E-state index in [-0.39, 0.29) is 5.54 Å². The highest BCUT2D eigenvalue weighted by Crippen LogP contribution is 2.55. The van der Waals surface area contributed by atoms with E-state index in [9.17, 15) is 0 Å². The lowest BCUT2D eigenvalue weighted by Crippen LogP contribution is -2.42. The molecule has 2 aliphatic rings. The third kappa shape index (κ3) is 1.63. The van der Waals surface area contributed by atoms with Crippen LogP contribution in [0.5, 0.6) is 0 Å². The molecule has 0 saturated heterocycles. The molecule has 4 nitrogen and oxygen atoms in total. The second kappa shape index (κ2) is 3.70. The van der Waals surface area contributed by atoms with Crippen LogP contribution in [0.1, 0.15) is 31.4 Å². The maximum atomic E-state index is 6.76. The van der Waals surface area contributed by atoms with Crippen LogP contribution < -0.4 is 5.73 Å². The first-order chi connectivity index (χ1) is 9.10. The fourth-order valence-electron chi connectivity index (χ4n) is 3.15. The number of aromatic nitrogens is 3. The van der Waals surface area contributed by atoms with Crippen LogP contribution in [0.15, 0.2) is 12.4 Å². The summed E-state index contributed by atoms with van der Waals surface area (Å²) in [4.78, 5) is 9.07. The first-order valence-electron chi connectivity index (χ1n) is 6.87. The number of nitrogens with zero attached hydrogens (tertiary/aromatic N) is 3. The molecule has 4 rings (SSSR count). The van der Waals surface area contributed by atoms with Crippen LogP contribution in [-0.4, -0.2) is 14.5 Å². The van der Waals surface area contributed by atoms with E-state index < -0.39 is 0 Å². The SMILES string of the molecule is Cn1cnc2c(Cl)cc(C(N)(C3CC3)C3CC3)nc21. The average molecular weight is 277 g/mol. The summed E-state index contributed by atoms with van der Waals surface area (Å²) in [5.41, 5.74) is 9.04. The van der Waals surface area contributed by atoms with E-state index in [4.69, 9.17) is 22.3 Å². The van der Waals surface area contributed by atoms with Gasteiger partial charge < -0.3 is 10.3 Å². The summed E-state index contributed by atoms with van der Waals surface area (Å²) in [7, 11) is 1.94. The summed E-state index contributed by atoms with van der Waals surface area (Å²) in [5.74, 6) is 1.16. The van der Waals surface area contributed by atoms with Gasteiger partial charge in [0, 0.05) is 7.05 Å². The smallest absolute Gasteiger partial charge is 0.161 e. The van der Waals surface area contributed by atoms with Crippen molar-refractivity contribution in [2.24, 2.45) is 24.6 Å². The Labute approximate surface area is 117 Å². The number of aryl methyl sites for hydroxylation is 1. The van der Waals surface area contributed by atoms with Crippen LogP contribution in [0.2, 0.25) is 5.02 Å². The highest BCUT2D eigenvalue weighted by Gasteiger charge is 2.53. The lowest BCUT2D eigenvalue weighted by atomic mass is 9.84.